The van der Waals surface area contributed by atoms with Gasteiger partial charge in [-0.3, -0.25) is 4.79 Å². The van der Waals surface area contributed by atoms with E-state index in [2.05, 4.69) is 15.9 Å². The number of ketones is 1. The maximum atomic E-state index is 12.2. The van der Waals surface area contributed by atoms with E-state index in [9.17, 15) is 4.79 Å². The lowest BCUT2D eigenvalue weighted by Crippen LogP contribution is -2.07. The number of hydrogen-bond donors (Lipinski definition) is 0. The summed E-state index contributed by atoms with van der Waals surface area (Å²) >= 11 is 3.28. The molecule has 1 heterocycles. The first-order valence-corrected chi connectivity index (χ1v) is 6.41. The summed E-state index contributed by atoms with van der Waals surface area (Å²) < 4.78 is 11.4. The van der Waals surface area contributed by atoms with Crippen LogP contribution in [0.1, 0.15) is 30.0 Å². The monoisotopic (exact) mass is 308 g/mol. The molecule has 2 aromatic rings. The summed E-state index contributed by atoms with van der Waals surface area (Å²) in [7, 11) is 0. The second kappa shape index (κ2) is 5.40. The Labute approximate surface area is 114 Å². The van der Waals surface area contributed by atoms with Crippen molar-refractivity contribution in [2.24, 2.45) is 0 Å². The Bertz CT molecular complexity index is 558. The predicted molar refractivity (Wildman–Crippen MR) is 72.0 cm³/mol. The van der Waals surface area contributed by atoms with E-state index >= 15 is 0 Å². The van der Waals surface area contributed by atoms with Crippen LogP contribution in [0.5, 0.6) is 5.75 Å². The van der Waals surface area contributed by atoms with Crippen LogP contribution in [0.25, 0.3) is 0 Å². The minimum Gasteiger partial charge on any atom is -0.491 e. The fraction of sp³-hybridized carbons (Fsp3) is 0.214. The molecule has 0 saturated carbocycles. The van der Waals surface area contributed by atoms with Gasteiger partial charge in [0.15, 0.2) is 5.76 Å². The van der Waals surface area contributed by atoms with Gasteiger partial charge in [-0.1, -0.05) is 12.1 Å². The highest BCUT2D eigenvalue weighted by Gasteiger charge is 2.16. The smallest absolute Gasteiger partial charge is 0.229 e. The molecule has 0 spiro atoms. The molecule has 94 valence electrons. The van der Waals surface area contributed by atoms with Crippen molar-refractivity contribution in [3.63, 3.8) is 0 Å². The van der Waals surface area contributed by atoms with E-state index in [-0.39, 0.29) is 11.9 Å². The zero-order valence-electron chi connectivity index (χ0n) is 10.1. The normalized spacial score (nSPS) is 10.7. The van der Waals surface area contributed by atoms with Gasteiger partial charge in [0.1, 0.15) is 5.75 Å². The molecule has 0 unspecified atom stereocenters. The summed E-state index contributed by atoms with van der Waals surface area (Å²) in [5.41, 5.74) is 0.545. The first-order valence-electron chi connectivity index (χ1n) is 5.62. The molecule has 0 radical (unpaired) electrons. The Morgan fingerprint density at radius 3 is 2.72 bits per heavy atom. The Morgan fingerprint density at radius 2 is 2.11 bits per heavy atom. The van der Waals surface area contributed by atoms with E-state index in [1.54, 1.807) is 24.3 Å². The molecule has 1 aromatic carbocycles. The number of benzene rings is 1. The number of hydrogen-bond acceptors (Lipinski definition) is 3. The van der Waals surface area contributed by atoms with Crippen LogP contribution >= 0.6 is 15.9 Å². The van der Waals surface area contributed by atoms with Crippen LogP contribution in [0.2, 0.25) is 0 Å². The van der Waals surface area contributed by atoms with Gasteiger partial charge in [-0.2, -0.15) is 0 Å². The van der Waals surface area contributed by atoms with Gasteiger partial charge in [0.2, 0.25) is 5.78 Å². The van der Waals surface area contributed by atoms with Crippen molar-refractivity contribution in [3.05, 3.63) is 52.4 Å². The first kappa shape index (κ1) is 12.9. The molecule has 2 rings (SSSR count). The molecule has 0 saturated heterocycles. The summed E-state index contributed by atoms with van der Waals surface area (Å²) in [6.07, 6.45) is 1.55. The van der Waals surface area contributed by atoms with Crippen molar-refractivity contribution < 1.29 is 13.9 Å². The van der Waals surface area contributed by atoms with Crippen molar-refractivity contribution >= 4 is 21.7 Å². The molecule has 0 aliphatic rings. The number of carbonyl (C=O) groups excluding carboxylic acids is 1. The molecule has 0 fully saturated rings. The second-order valence-electron chi connectivity index (χ2n) is 4.12. The lowest BCUT2D eigenvalue weighted by atomic mass is 10.1. The van der Waals surface area contributed by atoms with Gasteiger partial charge >= 0.3 is 0 Å². The van der Waals surface area contributed by atoms with Crippen LogP contribution in [0.15, 0.2) is 45.5 Å². The third kappa shape index (κ3) is 2.82. The van der Waals surface area contributed by atoms with Crippen LogP contribution in [0, 0.1) is 0 Å². The molecule has 0 bridgehead atoms. The van der Waals surface area contributed by atoms with Crippen LogP contribution in [0.3, 0.4) is 0 Å². The minimum absolute atomic E-state index is 0.0747. The van der Waals surface area contributed by atoms with E-state index < -0.39 is 0 Å². The van der Waals surface area contributed by atoms with Crippen molar-refractivity contribution in [1.29, 1.82) is 0 Å². The van der Waals surface area contributed by atoms with Gasteiger partial charge in [0.25, 0.3) is 0 Å². The molecule has 18 heavy (non-hydrogen) atoms. The molecule has 0 amide bonds. The standard InChI is InChI=1S/C14H13BrO3/c1-9(2)18-11-5-3-4-10(8-11)13(16)14-12(15)6-7-17-14/h3-9H,1-2H3. The quantitative estimate of drug-likeness (QED) is 0.800. The predicted octanol–water partition coefficient (Wildman–Crippen LogP) is 4.06. The largest absolute Gasteiger partial charge is 0.491 e. The molecule has 0 aliphatic heterocycles. The Hall–Kier alpha value is -1.55. The molecule has 0 N–H and O–H groups in total. The van der Waals surface area contributed by atoms with Crippen molar-refractivity contribution in [3.8, 4) is 5.75 Å². The van der Waals surface area contributed by atoms with Crippen LogP contribution < -0.4 is 4.74 Å². The van der Waals surface area contributed by atoms with Crippen LogP contribution in [0.4, 0.5) is 0 Å². The average Bonchev–Trinajstić information content (AvgIpc) is 2.74. The summed E-state index contributed by atoms with van der Waals surface area (Å²) in [6, 6.07) is 8.78. The highest BCUT2D eigenvalue weighted by atomic mass is 79.9. The third-order valence-electron chi connectivity index (χ3n) is 2.29. The Morgan fingerprint density at radius 1 is 1.33 bits per heavy atom. The third-order valence-corrected chi connectivity index (χ3v) is 2.92. The Kier molecular flexibility index (Phi) is 3.87. The Balaban J connectivity index is 2.29. The molecule has 0 atom stereocenters. The van der Waals surface area contributed by atoms with Crippen LogP contribution in [-0.2, 0) is 0 Å². The fourth-order valence-corrected chi connectivity index (χ4v) is 1.95. The molecule has 1 aromatic heterocycles. The maximum absolute atomic E-state index is 12.2. The zero-order chi connectivity index (χ0) is 13.1. The number of carbonyl (C=O) groups is 1. The fourth-order valence-electron chi connectivity index (χ4n) is 1.57. The van der Waals surface area contributed by atoms with Crippen molar-refractivity contribution in [1.82, 2.24) is 0 Å². The zero-order valence-corrected chi connectivity index (χ0v) is 11.7. The summed E-state index contributed by atoms with van der Waals surface area (Å²) in [6.45, 7) is 3.88. The van der Waals surface area contributed by atoms with Gasteiger partial charge in [-0.05, 0) is 48.0 Å². The number of halogens is 1. The van der Waals surface area contributed by atoms with E-state index in [4.69, 9.17) is 9.15 Å². The number of furan rings is 1. The lowest BCUT2D eigenvalue weighted by Gasteiger charge is -2.10. The van der Waals surface area contributed by atoms with Crippen molar-refractivity contribution in [2.45, 2.75) is 20.0 Å². The molecular formula is C14H13BrO3. The first-order chi connectivity index (χ1) is 8.58. The van der Waals surface area contributed by atoms with Crippen LogP contribution in [-0.4, -0.2) is 11.9 Å². The van der Waals surface area contributed by atoms with E-state index in [0.717, 1.165) is 0 Å². The average molecular weight is 309 g/mol. The van der Waals surface area contributed by atoms with Gasteiger partial charge in [-0.25, -0.2) is 0 Å². The topological polar surface area (TPSA) is 39.4 Å². The summed E-state index contributed by atoms with van der Waals surface area (Å²) in [4.78, 5) is 12.2. The van der Waals surface area contributed by atoms with Gasteiger partial charge in [-0.15, -0.1) is 0 Å². The highest BCUT2D eigenvalue weighted by Crippen LogP contribution is 2.23. The molecule has 0 aliphatic carbocycles. The molecular weight excluding hydrogens is 296 g/mol. The van der Waals surface area contributed by atoms with E-state index in [1.807, 2.05) is 19.9 Å². The highest BCUT2D eigenvalue weighted by molar-refractivity contribution is 9.10. The number of ether oxygens (including phenoxy) is 1. The van der Waals surface area contributed by atoms with Gasteiger partial charge in [0, 0.05) is 5.56 Å². The van der Waals surface area contributed by atoms with E-state index in [0.29, 0.717) is 21.5 Å². The minimum atomic E-state index is -0.166. The summed E-state index contributed by atoms with van der Waals surface area (Å²) in [5.74, 6) is 0.816. The molecule has 4 heteroatoms. The lowest BCUT2D eigenvalue weighted by molar-refractivity contribution is 0.101. The second-order valence-corrected chi connectivity index (χ2v) is 4.98. The maximum Gasteiger partial charge on any atom is 0.229 e. The summed E-state index contributed by atoms with van der Waals surface area (Å²) in [5, 5.41) is 0. The van der Waals surface area contributed by atoms with E-state index in [1.165, 1.54) is 6.26 Å². The SMILES string of the molecule is CC(C)Oc1cccc(C(=O)c2occc2Br)c1. The number of rotatable bonds is 4. The molecule has 3 nitrogen and oxygen atoms in total. The van der Waals surface area contributed by atoms with Gasteiger partial charge in [0.05, 0.1) is 16.8 Å². The van der Waals surface area contributed by atoms with Gasteiger partial charge < -0.3 is 9.15 Å². The van der Waals surface area contributed by atoms with Crippen molar-refractivity contribution in [2.75, 3.05) is 0 Å².